The summed E-state index contributed by atoms with van der Waals surface area (Å²) >= 11 is 0. The van der Waals surface area contributed by atoms with E-state index in [4.69, 9.17) is 5.73 Å². The van der Waals surface area contributed by atoms with Crippen LogP contribution in [0.25, 0.3) is 0 Å². The largest absolute Gasteiger partial charge is 0.393 e. The van der Waals surface area contributed by atoms with Crippen LogP contribution < -0.4 is 5.73 Å². The number of nitrogens with two attached hydrogens (primary N) is 1. The van der Waals surface area contributed by atoms with Crippen LogP contribution in [-0.2, 0) is 6.54 Å². The summed E-state index contributed by atoms with van der Waals surface area (Å²) in [5.41, 5.74) is 6.94. The van der Waals surface area contributed by atoms with Crippen molar-refractivity contribution in [2.45, 2.75) is 25.8 Å². The van der Waals surface area contributed by atoms with Crippen molar-refractivity contribution in [2.24, 2.45) is 5.92 Å². The van der Waals surface area contributed by atoms with Crippen LogP contribution in [0.1, 0.15) is 24.8 Å². The van der Waals surface area contributed by atoms with Gasteiger partial charge in [0.15, 0.2) is 0 Å². The molecular formula is C13H19N3O2. The minimum atomic E-state index is -0.447. The van der Waals surface area contributed by atoms with Gasteiger partial charge in [0.25, 0.3) is 5.69 Å². The zero-order valence-electron chi connectivity index (χ0n) is 10.6. The molecule has 1 fully saturated rings. The molecule has 1 saturated carbocycles. The Hall–Kier alpha value is -1.62. The Morgan fingerprint density at radius 1 is 1.50 bits per heavy atom. The van der Waals surface area contributed by atoms with Crippen LogP contribution in [0.3, 0.4) is 0 Å². The van der Waals surface area contributed by atoms with Gasteiger partial charge in [-0.3, -0.25) is 10.1 Å². The molecule has 0 unspecified atom stereocenters. The second kappa shape index (κ2) is 5.35. The molecule has 0 bridgehead atoms. The molecule has 1 aliphatic rings. The van der Waals surface area contributed by atoms with Gasteiger partial charge < -0.3 is 10.6 Å². The van der Waals surface area contributed by atoms with E-state index >= 15 is 0 Å². The molecule has 0 aromatic heterocycles. The molecule has 0 amide bonds. The van der Waals surface area contributed by atoms with Crippen LogP contribution in [0.4, 0.5) is 11.4 Å². The molecule has 5 heteroatoms. The molecule has 0 atom stereocenters. The Morgan fingerprint density at radius 2 is 2.22 bits per heavy atom. The fourth-order valence-electron chi connectivity index (χ4n) is 2.36. The normalized spacial score (nSPS) is 15.7. The van der Waals surface area contributed by atoms with Gasteiger partial charge in [0, 0.05) is 19.2 Å². The number of nitro benzene ring substituents is 1. The molecular weight excluding hydrogens is 230 g/mol. The number of benzene rings is 1. The van der Waals surface area contributed by atoms with Crippen LogP contribution in [0.15, 0.2) is 18.2 Å². The van der Waals surface area contributed by atoms with Crippen molar-refractivity contribution in [3.63, 3.8) is 0 Å². The summed E-state index contributed by atoms with van der Waals surface area (Å²) in [5.74, 6) is 0.824. The maximum absolute atomic E-state index is 10.7. The molecule has 0 radical (unpaired) electrons. The van der Waals surface area contributed by atoms with E-state index in [0.29, 0.717) is 0 Å². The van der Waals surface area contributed by atoms with Gasteiger partial charge in [-0.25, -0.2) is 0 Å². The number of anilines is 1. The number of hydrogen-bond donors (Lipinski definition) is 1. The van der Waals surface area contributed by atoms with Crippen molar-refractivity contribution in [1.29, 1.82) is 0 Å². The van der Waals surface area contributed by atoms with Crippen molar-refractivity contribution in [2.75, 3.05) is 19.3 Å². The van der Waals surface area contributed by atoms with E-state index in [1.54, 1.807) is 12.1 Å². The summed E-state index contributed by atoms with van der Waals surface area (Å²) in [7, 11) is 2.08. The minimum absolute atomic E-state index is 0.0135. The highest BCUT2D eigenvalue weighted by molar-refractivity contribution is 5.59. The molecule has 1 aliphatic carbocycles. The average Bonchev–Trinajstić information content (AvgIpc) is 2.23. The highest BCUT2D eigenvalue weighted by atomic mass is 16.6. The smallest absolute Gasteiger partial charge is 0.292 e. The Kier molecular flexibility index (Phi) is 3.81. The lowest BCUT2D eigenvalue weighted by molar-refractivity contribution is -0.383. The van der Waals surface area contributed by atoms with Gasteiger partial charge >= 0.3 is 0 Å². The SMILES string of the molecule is CN(Cc1ccc([N+](=O)[O-])c(N)c1)CC1CCC1. The van der Waals surface area contributed by atoms with Gasteiger partial charge in [-0.15, -0.1) is 0 Å². The van der Waals surface area contributed by atoms with E-state index in [1.807, 2.05) is 0 Å². The molecule has 1 aromatic rings. The molecule has 18 heavy (non-hydrogen) atoms. The van der Waals surface area contributed by atoms with Gasteiger partial charge in [0.1, 0.15) is 5.69 Å². The van der Waals surface area contributed by atoms with Crippen molar-refractivity contribution in [3.8, 4) is 0 Å². The third-order valence-corrected chi connectivity index (χ3v) is 3.54. The average molecular weight is 249 g/mol. The van der Waals surface area contributed by atoms with E-state index in [0.717, 1.165) is 24.6 Å². The number of nitrogen functional groups attached to an aromatic ring is 1. The lowest BCUT2D eigenvalue weighted by Crippen LogP contribution is -2.29. The van der Waals surface area contributed by atoms with Crippen molar-refractivity contribution in [3.05, 3.63) is 33.9 Å². The van der Waals surface area contributed by atoms with Crippen LogP contribution in [-0.4, -0.2) is 23.4 Å². The predicted octanol–water partition coefficient (Wildman–Crippen LogP) is 2.41. The van der Waals surface area contributed by atoms with Crippen molar-refractivity contribution in [1.82, 2.24) is 4.90 Å². The topological polar surface area (TPSA) is 72.4 Å². The van der Waals surface area contributed by atoms with Gasteiger partial charge in [-0.2, -0.15) is 0 Å². The summed E-state index contributed by atoms with van der Waals surface area (Å²) in [6.45, 7) is 1.88. The Balaban J connectivity index is 1.96. The van der Waals surface area contributed by atoms with Crippen LogP contribution >= 0.6 is 0 Å². The first-order chi connectivity index (χ1) is 8.56. The maximum atomic E-state index is 10.7. The monoisotopic (exact) mass is 249 g/mol. The lowest BCUT2D eigenvalue weighted by atomic mass is 9.85. The van der Waals surface area contributed by atoms with Crippen LogP contribution in [0.2, 0.25) is 0 Å². The third-order valence-electron chi connectivity index (χ3n) is 3.54. The summed E-state index contributed by atoms with van der Waals surface area (Å²) in [6, 6.07) is 4.98. The second-order valence-corrected chi connectivity index (χ2v) is 5.14. The maximum Gasteiger partial charge on any atom is 0.292 e. The zero-order valence-corrected chi connectivity index (χ0v) is 10.6. The molecule has 0 aliphatic heterocycles. The van der Waals surface area contributed by atoms with Gasteiger partial charge in [-0.05, 0) is 37.4 Å². The van der Waals surface area contributed by atoms with Gasteiger partial charge in [0.2, 0.25) is 0 Å². The third kappa shape index (κ3) is 2.98. The Bertz CT molecular complexity index is 444. The molecule has 1 aromatic carbocycles. The van der Waals surface area contributed by atoms with Gasteiger partial charge in [0.05, 0.1) is 4.92 Å². The lowest BCUT2D eigenvalue weighted by Gasteiger charge is -2.30. The van der Waals surface area contributed by atoms with E-state index < -0.39 is 4.92 Å². The standard InChI is InChI=1S/C13H19N3O2/c1-15(8-10-3-2-4-10)9-11-5-6-13(16(17)18)12(14)7-11/h5-7,10H,2-4,8-9,14H2,1H3. The van der Waals surface area contributed by atoms with E-state index in [2.05, 4.69) is 11.9 Å². The van der Waals surface area contributed by atoms with Crippen molar-refractivity contribution < 1.29 is 4.92 Å². The summed E-state index contributed by atoms with van der Waals surface area (Å²) in [5, 5.41) is 10.7. The van der Waals surface area contributed by atoms with Gasteiger partial charge in [-0.1, -0.05) is 12.5 Å². The Morgan fingerprint density at radius 3 is 2.72 bits per heavy atom. The fourth-order valence-corrected chi connectivity index (χ4v) is 2.36. The zero-order chi connectivity index (χ0) is 13.1. The number of rotatable bonds is 5. The van der Waals surface area contributed by atoms with Crippen LogP contribution in [0, 0.1) is 16.0 Å². The number of nitrogens with zero attached hydrogens (tertiary/aromatic N) is 2. The first-order valence-electron chi connectivity index (χ1n) is 6.27. The number of hydrogen-bond acceptors (Lipinski definition) is 4. The quantitative estimate of drug-likeness (QED) is 0.494. The minimum Gasteiger partial charge on any atom is -0.393 e. The Labute approximate surface area is 107 Å². The molecule has 5 nitrogen and oxygen atoms in total. The molecule has 0 spiro atoms. The molecule has 2 rings (SSSR count). The molecule has 0 heterocycles. The highest BCUT2D eigenvalue weighted by Crippen LogP contribution is 2.27. The summed E-state index contributed by atoms with van der Waals surface area (Å²) in [4.78, 5) is 12.5. The van der Waals surface area contributed by atoms with Crippen LogP contribution in [0.5, 0.6) is 0 Å². The summed E-state index contributed by atoms with van der Waals surface area (Å²) in [6.07, 6.45) is 4.00. The molecule has 2 N–H and O–H groups in total. The summed E-state index contributed by atoms with van der Waals surface area (Å²) < 4.78 is 0. The molecule has 98 valence electrons. The van der Waals surface area contributed by atoms with Crippen molar-refractivity contribution >= 4 is 11.4 Å². The first kappa shape index (κ1) is 12.8. The molecule has 0 saturated heterocycles. The second-order valence-electron chi connectivity index (χ2n) is 5.14. The van der Waals surface area contributed by atoms with E-state index in [-0.39, 0.29) is 11.4 Å². The van der Waals surface area contributed by atoms with E-state index in [1.165, 1.54) is 25.3 Å². The first-order valence-corrected chi connectivity index (χ1v) is 6.27. The predicted molar refractivity (Wildman–Crippen MR) is 71.2 cm³/mol. The fraction of sp³-hybridized carbons (Fsp3) is 0.538. The number of nitro groups is 1. The highest BCUT2D eigenvalue weighted by Gasteiger charge is 2.19. The van der Waals surface area contributed by atoms with E-state index in [9.17, 15) is 10.1 Å².